The van der Waals surface area contributed by atoms with Crippen molar-refractivity contribution in [1.82, 2.24) is 4.90 Å². The van der Waals surface area contributed by atoms with Gasteiger partial charge in [-0.15, -0.1) is 0 Å². The molecule has 0 unspecified atom stereocenters. The first-order valence-corrected chi connectivity index (χ1v) is 7.92. The number of aliphatic carboxylic acids is 1. The number of carbonyl (C=O) groups is 4. The van der Waals surface area contributed by atoms with Crippen LogP contribution in [0.2, 0.25) is 0 Å². The van der Waals surface area contributed by atoms with E-state index in [1.165, 1.54) is 12.1 Å². The Morgan fingerprint density at radius 1 is 1.00 bits per heavy atom. The minimum absolute atomic E-state index is 0.241. The number of carboxylic acids is 1. The number of rotatable bonds is 5. The van der Waals surface area contributed by atoms with E-state index in [-0.39, 0.29) is 11.1 Å². The normalized spacial score (nSPS) is 12.9. The van der Waals surface area contributed by atoms with Gasteiger partial charge in [0.05, 0.1) is 11.1 Å². The summed E-state index contributed by atoms with van der Waals surface area (Å²) < 4.78 is 0. The molecule has 0 aromatic heterocycles. The van der Waals surface area contributed by atoms with E-state index >= 15 is 0 Å². The van der Waals surface area contributed by atoms with E-state index in [0.717, 1.165) is 15.4 Å². The van der Waals surface area contributed by atoms with E-state index in [4.69, 9.17) is 5.11 Å². The van der Waals surface area contributed by atoms with Crippen LogP contribution in [0.3, 0.4) is 0 Å². The molecule has 1 N–H and O–H groups in total. The molecule has 0 saturated carbocycles. The largest absolute Gasteiger partial charge is 0.480 e. The Hall–Kier alpha value is -3.48. The second-order valence-corrected chi connectivity index (χ2v) is 5.95. The lowest BCUT2D eigenvalue weighted by Crippen LogP contribution is -2.44. The predicted molar refractivity (Wildman–Crippen MR) is 93.0 cm³/mol. The average Bonchev–Trinajstić information content (AvgIpc) is 2.85. The third-order valence-electron chi connectivity index (χ3n) is 4.08. The predicted octanol–water partition coefficient (Wildman–Crippen LogP) is 1.71. The molecule has 132 valence electrons. The third kappa shape index (κ3) is 3.19. The summed E-state index contributed by atoms with van der Waals surface area (Å²) in [5.41, 5.74) is 1.73. The Morgan fingerprint density at radius 3 is 2.15 bits per heavy atom. The van der Waals surface area contributed by atoms with Crippen LogP contribution >= 0.6 is 0 Å². The van der Waals surface area contributed by atoms with Crippen molar-refractivity contribution in [3.05, 3.63) is 65.2 Å². The van der Waals surface area contributed by atoms with Crippen molar-refractivity contribution in [2.24, 2.45) is 0 Å². The van der Waals surface area contributed by atoms with E-state index in [1.807, 2.05) is 13.0 Å². The molecule has 7 heteroatoms. The molecule has 0 atom stereocenters. The molecule has 0 bridgehead atoms. The van der Waals surface area contributed by atoms with Gasteiger partial charge in [0.1, 0.15) is 13.1 Å². The Kier molecular flexibility index (Phi) is 4.53. The minimum atomic E-state index is -1.19. The molecule has 0 spiro atoms. The number of benzene rings is 2. The van der Waals surface area contributed by atoms with Crippen LogP contribution in [0.4, 0.5) is 5.69 Å². The maximum atomic E-state index is 12.7. The molecule has 2 aromatic rings. The SMILES string of the molecule is Cc1cccc(N(CC(=O)O)C(=O)CN2C(=O)c3ccccc3C2=O)c1. The first-order valence-electron chi connectivity index (χ1n) is 7.92. The summed E-state index contributed by atoms with van der Waals surface area (Å²) in [5.74, 6) is -2.95. The van der Waals surface area contributed by atoms with Crippen molar-refractivity contribution in [2.45, 2.75) is 6.92 Å². The Labute approximate surface area is 149 Å². The van der Waals surface area contributed by atoms with Crippen molar-refractivity contribution >= 4 is 29.4 Å². The van der Waals surface area contributed by atoms with Gasteiger partial charge >= 0.3 is 5.97 Å². The van der Waals surface area contributed by atoms with Crippen molar-refractivity contribution in [3.63, 3.8) is 0 Å². The minimum Gasteiger partial charge on any atom is -0.480 e. The van der Waals surface area contributed by atoms with Crippen LogP contribution in [0.15, 0.2) is 48.5 Å². The summed E-state index contributed by atoms with van der Waals surface area (Å²) in [7, 11) is 0. The van der Waals surface area contributed by atoms with Crippen molar-refractivity contribution in [3.8, 4) is 0 Å². The van der Waals surface area contributed by atoms with Crippen molar-refractivity contribution in [2.75, 3.05) is 18.0 Å². The number of imide groups is 1. The summed E-state index contributed by atoms with van der Waals surface area (Å²) in [6.45, 7) is 0.732. The summed E-state index contributed by atoms with van der Waals surface area (Å²) >= 11 is 0. The lowest BCUT2D eigenvalue weighted by atomic mass is 10.1. The Morgan fingerprint density at radius 2 is 1.62 bits per heavy atom. The van der Waals surface area contributed by atoms with Crippen LogP contribution in [0.5, 0.6) is 0 Å². The number of hydrogen-bond donors (Lipinski definition) is 1. The highest BCUT2D eigenvalue weighted by Gasteiger charge is 2.37. The maximum Gasteiger partial charge on any atom is 0.323 e. The van der Waals surface area contributed by atoms with E-state index in [0.29, 0.717) is 5.69 Å². The standard InChI is InChI=1S/C19H16N2O5/c1-12-5-4-6-13(9-12)20(11-17(23)24)16(22)10-21-18(25)14-7-2-3-8-15(14)19(21)26/h2-9H,10-11H2,1H3,(H,23,24). The van der Waals surface area contributed by atoms with Gasteiger partial charge in [0.2, 0.25) is 5.91 Å². The smallest absolute Gasteiger partial charge is 0.323 e. The number of carbonyl (C=O) groups excluding carboxylic acids is 3. The van der Waals surface area contributed by atoms with Crippen LogP contribution in [0.25, 0.3) is 0 Å². The zero-order valence-electron chi connectivity index (χ0n) is 14.0. The number of amides is 3. The molecule has 1 aliphatic rings. The van der Waals surface area contributed by atoms with Crippen LogP contribution in [-0.2, 0) is 9.59 Å². The third-order valence-corrected chi connectivity index (χ3v) is 4.08. The van der Waals surface area contributed by atoms with E-state index in [1.54, 1.807) is 30.3 Å². The van der Waals surface area contributed by atoms with Gasteiger partial charge in [-0.2, -0.15) is 0 Å². The van der Waals surface area contributed by atoms with Crippen molar-refractivity contribution < 1.29 is 24.3 Å². The van der Waals surface area contributed by atoms with Gasteiger partial charge in [0, 0.05) is 5.69 Å². The van der Waals surface area contributed by atoms with Gasteiger partial charge in [0.15, 0.2) is 0 Å². The molecular formula is C19H16N2O5. The molecule has 3 rings (SSSR count). The number of nitrogens with zero attached hydrogens (tertiary/aromatic N) is 2. The Balaban J connectivity index is 1.86. The molecule has 3 amide bonds. The average molecular weight is 352 g/mol. The molecule has 0 saturated heterocycles. The summed E-state index contributed by atoms with van der Waals surface area (Å²) in [6.07, 6.45) is 0. The molecule has 1 heterocycles. The summed E-state index contributed by atoms with van der Waals surface area (Å²) in [5, 5.41) is 9.13. The second-order valence-electron chi connectivity index (χ2n) is 5.95. The van der Waals surface area contributed by atoms with Crippen molar-refractivity contribution in [1.29, 1.82) is 0 Å². The molecule has 1 aliphatic heterocycles. The fourth-order valence-corrected chi connectivity index (χ4v) is 2.86. The highest BCUT2D eigenvalue weighted by molar-refractivity contribution is 6.22. The highest BCUT2D eigenvalue weighted by Crippen LogP contribution is 2.23. The lowest BCUT2D eigenvalue weighted by Gasteiger charge is -2.23. The first-order chi connectivity index (χ1) is 12.4. The van der Waals surface area contributed by atoms with E-state index in [9.17, 15) is 19.2 Å². The van der Waals surface area contributed by atoms with Crippen LogP contribution in [0.1, 0.15) is 26.3 Å². The molecule has 0 fully saturated rings. The Bertz CT molecular complexity index is 887. The first kappa shape index (κ1) is 17.3. The molecule has 2 aromatic carbocycles. The summed E-state index contributed by atoms with van der Waals surface area (Å²) in [4.78, 5) is 50.6. The number of hydrogen-bond acceptors (Lipinski definition) is 4. The second kappa shape index (κ2) is 6.79. The molecular weight excluding hydrogens is 336 g/mol. The molecule has 26 heavy (non-hydrogen) atoms. The van der Waals surface area contributed by atoms with Gasteiger partial charge in [0.25, 0.3) is 11.8 Å². The maximum absolute atomic E-state index is 12.7. The highest BCUT2D eigenvalue weighted by atomic mass is 16.4. The van der Waals surface area contributed by atoms with Crippen LogP contribution < -0.4 is 4.90 Å². The number of aryl methyl sites for hydroxylation is 1. The quantitative estimate of drug-likeness (QED) is 0.827. The molecule has 0 radical (unpaired) electrons. The molecule has 0 aliphatic carbocycles. The topological polar surface area (TPSA) is 95.0 Å². The van der Waals surface area contributed by atoms with Gasteiger partial charge in [-0.3, -0.25) is 29.0 Å². The van der Waals surface area contributed by atoms with E-state index < -0.39 is 36.8 Å². The monoisotopic (exact) mass is 352 g/mol. The molecule has 7 nitrogen and oxygen atoms in total. The zero-order valence-corrected chi connectivity index (χ0v) is 14.0. The van der Waals surface area contributed by atoms with Gasteiger partial charge < -0.3 is 5.11 Å². The number of carboxylic acid groups (broad SMARTS) is 1. The van der Waals surface area contributed by atoms with E-state index in [2.05, 4.69) is 0 Å². The van der Waals surface area contributed by atoms with Crippen LogP contribution in [0, 0.1) is 6.92 Å². The number of fused-ring (bicyclic) bond motifs is 1. The fourth-order valence-electron chi connectivity index (χ4n) is 2.86. The van der Waals surface area contributed by atoms with Gasteiger partial charge in [-0.05, 0) is 36.8 Å². The van der Waals surface area contributed by atoms with Crippen LogP contribution in [-0.4, -0.2) is 46.8 Å². The van der Waals surface area contributed by atoms with Gasteiger partial charge in [-0.25, -0.2) is 0 Å². The van der Waals surface area contributed by atoms with Gasteiger partial charge in [-0.1, -0.05) is 24.3 Å². The number of anilines is 1. The summed E-state index contributed by atoms with van der Waals surface area (Å²) in [6, 6.07) is 13.1. The zero-order chi connectivity index (χ0) is 18.8. The fraction of sp³-hybridized carbons (Fsp3) is 0.158. The lowest BCUT2D eigenvalue weighted by molar-refractivity contribution is -0.136.